The van der Waals surface area contributed by atoms with Crippen molar-refractivity contribution in [2.24, 2.45) is 0 Å². The average Bonchev–Trinajstić information content (AvgIpc) is 1.97. The van der Waals surface area contributed by atoms with E-state index < -0.39 is 11.6 Å². The van der Waals surface area contributed by atoms with Crippen LogP contribution in [0.25, 0.3) is 55.5 Å². The van der Waals surface area contributed by atoms with Gasteiger partial charge in [0.1, 0.15) is 0 Å². The van der Waals surface area contributed by atoms with Gasteiger partial charge in [-0.3, -0.25) is 0 Å². The van der Waals surface area contributed by atoms with Gasteiger partial charge in [0, 0.05) is 6.20 Å². The monoisotopic (exact) mass is 1140 g/mol. The van der Waals surface area contributed by atoms with Crippen molar-refractivity contribution >= 4 is 32.8 Å². The molecule has 0 N–H and O–H groups in total. The summed E-state index contributed by atoms with van der Waals surface area (Å²) in [5.74, 6) is 1.85. The third-order valence-corrected chi connectivity index (χ3v) is 17.0. The summed E-state index contributed by atoms with van der Waals surface area (Å²) in [5, 5.41) is 1.64. The second kappa shape index (κ2) is 16.2. The van der Waals surface area contributed by atoms with Crippen LogP contribution in [0, 0.1) is 15.9 Å². The van der Waals surface area contributed by atoms with E-state index in [1.807, 2.05) is 54.7 Å². The third-order valence-electron chi connectivity index (χ3n) is 16.0. The molecule has 6 heteroatoms. The van der Waals surface area contributed by atoms with E-state index >= 15 is 0 Å². The van der Waals surface area contributed by atoms with Crippen LogP contribution in [0.4, 0.5) is 0 Å². The van der Waals surface area contributed by atoms with Gasteiger partial charge in [-0.05, 0) is 28.2 Å². The fraction of sp³-hybridized carbons (Fsp3) is 0.118. The third kappa shape index (κ3) is 6.14. The minimum Gasteiger partial charge on any atom is -0.0617 e. The van der Waals surface area contributed by atoms with Crippen LogP contribution < -0.4 is 4.74 Å². The fourth-order valence-electron chi connectivity index (χ4n) is 13.0. The molecular weight excluding hydrogens is 1080 g/mol. The zero-order chi connectivity index (χ0) is 53.8. The molecule has 0 aliphatic heterocycles. The Labute approximate surface area is 448 Å². The summed E-state index contributed by atoms with van der Waals surface area (Å²) >= 11 is 2.57. The molecule has 0 unspecified atom stereocenters. The Bertz CT molecular complexity index is 4540. The van der Waals surface area contributed by atoms with Crippen LogP contribution >= 0.6 is 0 Å². The van der Waals surface area contributed by atoms with Gasteiger partial charge in [0.25, 0.3) is 0 Å². The van der Waals surface area contributed by atoms with Gasteiger partial charge < -0.3 is 0 Å². The van der Waals surface area contributed by atoms with Crippen molar-refractivity contribution in [3.63, 3.8) is 0 Å². The first-order chi connectivity index (χ1) is 38.3. The fourth-order valence-corrected chi connectivity index (χ4v) is 14.3. The Morgan fingerprint density at radius 3 is 1.88 bits per heavy atom. The van der Waals surface area contributed by atoms with E-state index in [1.165, 1.54) is 44.5 Å². The molecule has 6 aliphatic rings. The van der Waals surface area contributed by atoms with Gasteiger partial charge in [0.15, 0.2) is 0 Å². The number of pyridine rings is 1. The SMILES string of the molecule is [2H]c1c([2H])c([2H])c(-c2ccc3c(c2)c2ccc(Oc4[c-]c(-n5[c](=[Pt])n(C67c8ccccc8C(c8ccccc86)C6c8ccccc8C7c7ccccc76)c6ccccc65)ccc4)[c-]c2n3-c2cc(C(C)(C)C)ccn2)c([2H])c1[2H]. The van der Waals surface area contributed by atoms with E-state index in [0.717, 1.165) is 42.4 Å². The standard InChI is InChI=1S/C68H48N4O.Pt/c1-67(2,3)45-36-37-69-63(39-45)72-59-35-32-44(43-18-5-4-6-19-43)38-56(59)49-34-33-48(41-62(49)72)73-47-21-17-20-46(40-47)70-42-71(61-31-16-15-30-60(61)70)68-57-28-13-11-26-54(57)65(55-27-12-14-29-58(55)68)64-50-22-7-9-24-52(50)66(68)53-25-10-8-23-51(53)64;/h4-39,64-66H,1-3H3;/q-2;/i4D,5D,6D,18D,19D;. The minimum absolute atomic E-state index is 0.0805. The molecule has 12 aromatic rings. The molecule has 0 saturated heterocycles. The molecule has 3 aromatic heterocycles. The molecule has 0 fully saturated rings. The van der Waals surface area contributed by atoms with Crippen molar-refractivity contribution in [2.45, 2.75) is 49.5 Å². The second-order valence-corrected chi connectivity index (χ2v) is 21.8. The number of nitrogens with zero attached hydrogens (tertiary/aromatic N) is 4. The molecule has 18 rings (SSSR count). The van der Waals surface area contributed by atoms with Crippen LogP contribution in [-0.4, -0.2) is 18.7 Å². The molecule has 358 valence electrons. The van der Waals surface area contributed by atoms with E-state index in [9.17, 15) is 0 Å². The van der Waals surface area contributed by atoms with E-state index in [0.29, 0.717) is 28.4 Å². The first kappa shape index (κ1) is 38.5. The number of aromatic nitrogens is 4. The smallest absolute Gasteiger partial charge is 0.0617 e. The normalized spacial score (nSPS) is 19.1. The summed E-state index contributed by atoms with van der Waals surface area (Å²) in [6, 6.07) is 71.0. The molecule has 5 nitrogen and oxygen atoms in total. The van der Waals surface area contributed by atoms with Crippen molar-refractivity contribution in [3.8, 4) is 34.1 Å². The zero-order valence-electron chi connectivity index (χ0n) is 45.6. The van der Waals surface area contributed by atoms with Crippen molar-refractivity contribution in [1.82, 2.24) is 18.7 Å². The number of hydrogen-bond donors (Lipinski definition) is 0. The van der Waals surface area contributed by atoms with Gasteiger partial charge in [0.05, 0.1) is 6.85 Å². The topological polar surface area (TPSA) is 36.9 Å². The summed E-state index contributed by atoms with van der Waals surface area (Å²) in [6.45, 7) is 6.52. The minimum atomic E-state index is -0.725. The number of hydrogen-bond acceptors (Lipinski definition) is 2. The van der Waals surface area contributed by atoms with Crippen LogP contribution in [0.1, 0.15) is 95.4 Å². The number of imidazole rings is 1. The van der Waals surface area contributed by atoms with Crippen molar-refractivity contribution in [3.05, 3.63) is 284 Å². The van der Waals surface area contributed by atoms with E-state index in [2.05, 4.69) is 199 Å². The van der Waals surface area contributed by atoms with Gasteiger partial charge in [0.2, 0.25) is 0 Å². The Morgan fingerprint density at radius 2 is 1.18 bits per heavy atom. The first-order valence-corrected chi connectivity index (χ1v) is 26.3. The van der Waals surface area contributed by atoms with Gasteiger partial charge in [-0.25, -0.2) is 0 Å². The van der Waals surface area contributed by atoms with Crippen molar-refractivity contribution in [2.75, 3.05) is 0 Å². The average molecular weight is 1140 g/mol. The summed E-state index contributed by atoms with van der Waals surface area (Å²) in [4.78, 5) is 4.91. The summed E-state index contributed by atoms with van der Waals surface area (Å²) in [5.41, 5.74) is 16.2. The van der Waals surface area contributed by atoms with Crippen molar-refractivity contribution in [1.29, 1.82) is 0 Å². The maximum absolute atomic E-state index is 8.81. The summed E-state index contributed by atoms with van der Waals surface area (Å²) < 4.78 is 57.6. The van der Waals surface area contributed by atoms with Gasteiger partial charge >= 0.3 is 352 Å². The van der Waals surface area contributed by atoms with Gasteiger partial charge in [-0.2, -0.15) is 0 Å². The molecule has 0 atom stereocenters. The molecule has 9 aromatic carbocycles. The first-order valence-electron chi connectivity index (χ1n) is 27.6. The zero-order valence-corrected chi connectivity index (χ0v) is 42.9. The Hall–Kier alpha value is -8.11. The molecule has 0 radical (unpaired) electrons. The van der Waals surface area contributed by atoms with E-state index in [4.69, 9.17) is 16.6 Å². The molecule has 6 aliphatic carbocycles. The number of benzene rings is 9. The van der Waals surface area contributed by atoms with E-state index in [-0.39, 0.29) is 52.9 Å². The van der Waals surface area contributed by atoms with Gasteiger partial charge in [-0.1, -0.05) is 57.0 Å². The maximum atomic E-state index is 8.81. The Morgan fingerprint density at radius 1 is 0.554 bits per heavy atom. The van der Waals surface area contributed by atoms with Crippen LogP contribution in [0.15, 0.2) is 218 Å². The van der Waals surface area contributed by atoms with Crippen LogP contribution in [0.5, 0.6) is 11.5 Å². The Kier molecular flexibility index (Phi) is 8.42. The van der Waals surface area contributed by atoms with Crippen LogP contribution in [-0.2, 0) is 30.3 Å². The van der Waals surface area contributed by atoms with Crippen molar-refractivity contribution < 1.29 is 30.9 Å². The predicted molar refractivity (Wildman–Crippen MR) is 292 cm³/mol. The number of fused-ring (bicyclic) bond motifs is 4. The number of ether oxygens (including phenoxy) is 1. The molecule has 0 saturated carbocycles. The quantitative estimate of drug-likeness (QED) is 0.156. The molecule has 3 heterocycles. The number of rotatable bonds is 6. The predicted octanol–water partition coefficient (Wildman–Crippen LogP) is 15.9. The van der Waals surface area contributed by atoms with Crippen LogP contribution in [0.3, 0.4) is 0 Å². The second-order valence-electron chi connectivity index (χ2n) is 20.8. The molecule has 0 amide bonds. The molecular formula is C68H48N4OPt-2. The number of para-hydroxylation sites is 2. The molecule has 4 bridgehead atoms. The summed E-state index contributed by atoms with van der Waals surface area (Å²) in [7, 11) is 0. The van der Waals surface area contributed by atoms with Gasteiger partial charge in [-0.15, -0.1) is 0 Å². The summed E-state index contributed by atoms with van der Waals surface area (Å²) in [6.07, 6.45) is 1.83. The van der Waals surface area contributed by atoms with Crippen LogP contribution in [0.2, 0.25) is 0 Å². The van der Waals surface area contributed by atoms with E-state index in [1.54, 1.807) is 0 Å². The molecule has 74 heavy (non-hydrogen) atoms. The Balaban J connectivity index is 0.913. The molecule has 0 spiro atoms.